The van der Waals surface area contributed by atoms with Gasteiger partial charge in [0.25, 0.3) is 0 Å². The van der Waals surface area contributed by atoms with Gasteiger partial charge in [0.1, 0.15) is 5.75 Å². The molecule has 0 amide bonds. The minimum Gasteiger partial charge on any atom is -0.496 e. The zero-order valence-corrected chi connectivity index (χ0v) is 10.4. The van der Waals surface area contributed by atoms with Crippen LogP contribution in [0.1, 0.15) is 24.0 Å². The summed E-state index contributed by atoms with van der Waals surface area (Å²) in [6, 6.07) is 7.76. The Morgan fingerprint density at radius 2 is 2.24 bits per heavy atom. The molecule has 0 N–H and O–H groups in total. The third-order valence-corrected chi connectivity index (χ3v) is 3.12. The lowest BCUT2D eigenvalue weighted by Gasteiger charge is -2.18. The summed E-state index contributed by atoms with van der Waals surface area (Å²) in [5.41, 5.74) is 1.79. The van der Waals surface area contributed by atoms with Crippen LogP contribution in [0.3, 0.4) is 0 Å². The fraction of sp³-hybridized carbons (Fsp3) is 0.500. The van der Waals surface area contributed by atoms with Gasteiger partial charge in [0, 0.05) is 18.7 Å². The van der Waals surface area contributed by atoms with Gasteiger partial charge in [0.15, 0.2) is 0 Å². The van der Waals surface area contributed by atoms with Crippen molar-refractivity contribution in [2.45, 2.75) is 19.4 Å². The molecule has 0 unspecified atom stereocenters. The molecular formula is C14H18N2O. The predicted octanol–water partition coefficient (Wildman–Crippen LogP) is 2.41. The highest BCUT2D eigenvalue weighted by atomic mass is 16.5. The third-order valence-electron chi connectivity index (χ3n) is 3.12. The van der Waals surface area contributed by atoms with Crippen LogP contribution in [0.5, 0.6) is 5.75 Å². The van der Waals surface area contributed by atoms with Crippen molar-refractivity contribution < 1.29 is 4.74 Å². The number of hydrogen-bond acceptors (Lipinski definition) is 3. The molecular weight excluding hydrogens is 212 g/mol. The van der Waals surface area contributed by atoms with Crippen LogP contribution in [0.25, 0.3) is 0 Å². The van der Waals surface area contributed by atoms with Crippen LogP contribution in [-0.2, 0) is 6.54 Å². The van der Waals surface area contributed by atoms with Crippen LogP contribution in [0.2, 0.25) is 0 Å². The monoisotopic (exact) mass is 230 g/mol. The van der Waals surface area contributed by atoms with E-state index in [1.807, 2.05) is 12.1 Å². The van der Waals surface area contributed by atoms with Gasteiger partial charge in [-0.25, -0.2) is 0 Å². The second-order valence-electron chi connectivity index (χ2n) is 4.78. The highest BCUT2D eigenvalue weighted by Crippen LogP contribution is 2.30. The van der Waals surface area contributed by atoms with E-state index in [0.717, 1.165) is 30.3 Å². The second-order valence-corrected chi connectivity index (χ2v) is 4.78. The summed E-state index contributed by atoms with van der Waals surface area (Å²) in [6.07, 6.45) is 2.72. The molecule has 3 nitrogen and oxygen atoms in total. The zero-order chi connectivity index (χ0) is 12.3. The van der Waals surface area contributed by atoms with Crippen molar-refractivity contribution in [3.63, 3.8) is 0 Å². The van der Waals surface area contributed by atoms with Crippen LogP contribution in [0.4, 0.5) is 0 Å². The Balaban J connectivity index is 2.08. The van der Waals surface area contributed by atoms with E-state index in [1.165, 1.54) is 12.8 Å². The van der Waals surface area contributed by atoms with E-state index in [9.17, 15) is 0 Å². The lowest BCUT2D eigenvalue weighted by molar-refractivity contribution is 0.305. The Hall–Kier alpha value is -1.53. The van der Waals surface area contributed by atoms with Crippen LogP contribution < -0.4 is 4.74 Å². The van der Waals surface area contributed by atoms with Crippen molar-refractivity contribution in [3.05, 3.63) is 29.3 Å². The van der Waals surface area contributed by atoms with Gasteiger partial charge in [0.2, 0.25) is 0 Å². The highest BCUT2D eigenvalue weighted by molar-refractivity contribution is 5.42. The summed E-state index contributed by atoms with van der Waals surface area (Å²) in [6.45, 7) is 1.98. The molecule has 0 aliphatic heterocycles. The first-order valence-electron chi connectivity index (χ1n) is 5.98. The lowest BCUT2D eigenvalue weighted by Crippen LogP contribution is -2.20. The SMILES string of the molecule is COc1ccc(C#N)cc1CN(C)CC1CC1. The van der Waals surface area contributed by atoms with Crippen molar-refractivity contribution in [1.29, 1.82) is 5.26 Å². The Morgan fingerprint density at radius 1 is 1.47 bits per heavy atom. The summed E-state index contributed by atoms with van der Waals surface area (Å²) < 4.78 is 5.33. The maximum absolute atomic E-state index is 8.91. The standard InChI is InChI=1S/C14H18N2O/c1-16(9-11-3-4-11)10-13-7-12(8-15)5-6-14(13)17-2/h5-7,11H,3-4,9-10H2,1-2H3. The molecule has 0 spiro atoms. The number of nitriles is 1. The molecule has 1 aromatic rings. The average molecular weight is 230 g/mol. The molecule has 1 fully saturated rings. The number of methoxy groups -OCH3 is 1. The van der Waals surface area contributed by atoms with Crippen molar-refractivity contribution in [1.82, 2.24) is 4.90 Å². The zero-order valence-electron chi connectivity index (χ0n) is 10.4. The molecule has 2 rings (SSSR count). The van der Waals surface area contributed by atoms with E-state index in [2.05, 4.69) is 18.0 Å². The van der Waals surface area contributed by atoms with Gasteiger partial charge in [-0.15, -0.1) is 0 Å². The molecule has 0 saturated heterocycles. The van der Waals surface area contributed by atoms with E-state index in [1.54, 1.807) is 13.2 Å². The Labute approximate surface area is 103 Å². The first-order valence-corrected chi connectivity index (χ1v) is 5.98. The molecule has 17 heavy (non-hydrogen) atoms. The normalized spacial score (nSPS) is 14.7. The molecule has 1 aromatic carbocycles. The summed E-state index contributed by atoms with van der Waals surface area (Å²) in [5.74, 6) is 1.75. The van der Waals surface area contributed by atoms with Gasteiger partial charge in [-0.3, -0.25) is 0 Å². The molecule has 0 radical (unpaired) electrons. The van der Waals surface area contributed by atoms with E-state index >= 15 is 0 Å². The van der Waals surface area contributed by atoms with Crippen molar-refractivity contribution in [3.8, 4) is 11.8 Å². The summed E-state index contributed by atoms with van der Waals surface area (Å²) in [7, 11) is 3.79. The molecule has 0 atom stereocenters. The summed E-state index contributed by atoms with van der Waals surface area (Å²) >= 11 is 0. The number of benzene rings is 1. The largest absolute Gasteiger partial charge is 0.496 e. The van der Waals surface area contributed by atoms with Crippen LogP contribution in [-0.4, -0.2) is 25.6 Å². The quantitative estimate of drug-likeness (QED) is 0.779. The van der Waals surface area contributed by atoms with Crippen molar-refractivity contribution in [2.75, 3.05) is 20.7 Å². The minimum atomic E-state index is 0.695. The molecule has 0 bridgehead atoms. The smallest absolute Gasteiger partial charge is 0.123 e. The predicted molar refractivity (Wildman–Crippen MR) is 66.8 cm³/mol. The fourth-order valence-electron chi connectivity index (χ4n) is 2.07. The molecule has 1 aliphatic rings. The highest BCUT2D eigenvalue weighted by Gasteiger charge is 2.23. The maximum atomic E-state index is 8.91. The summed E-state index contributed by atoms with van der Waals surface area (Å²) in [4.78, 5) is 2.30. The Bertz CT molecular complexity index is 432. The van der Waals surface area contributed by atoms with E-state index in [-0.39, 0.29) is 0 Å². The molecule has 90 valence electrons. The molecule has 0 aromatic heterocycles. The molecule has 1 saturated carbocycles. The van der Waals surface area contributed by atoms with Gasteiger partial charge in [-0.05, 0) is 44.0 Å². The van der Waals surface area contributed by atoms with Gasteiger partial charge >= 0.3 is 0 Å². The van der Waals surface area contributed by atoms with E-state index < -0.39 is 0 Å². The molecule has 1 aliphatic carbocycles. The minimum absolute atomic E-state index is 0.695. The Morgan fingerprint density at radius 3 is 2.82 bits per heavy atom. The molecule has 3 heteroatoms. The average Bonchev–Trinajstić information content (AvgIpc) is 3.12. The first kappa shape index (κ1) is 11.9. The number of rotatable bonds is 5. The third kappa shape index (κ3) is 3.21. The fourth-order valence-corrected chi connectivity index (χ4v) is 2.07. The first-order chi connectivity index (χ1) is 8.22. The second kappa shape index (κ2) is 5.20. The van der Waals surface area contributed by atoms with Gasteiger partial charge in [-0.1, -0.05) is 0 Å². The molecule has 0 heterocycles. The number of ether oxygens (including phenoxy) is 1. The lowest BCUT2D eigenvalue weighted by atomic mass is 10.1. The van der Waals surface area contributed by atoms with E-state index in [0.29, 0.717) is 5.56 Å². The number of nitrogens with zero attached hydrogens (tertiary/aromatic N) is 2. The summed E-state index contributed by atoms with van der Waals surface area (Å²) in [5, 5.41) is 8.91. The van der Waals surface area contributed by atoms with Gasteiger partial charge < -0.3 is 9.64 Å². The topological polar surface area (TPSA) is 36.3 Å². The number of hydrogen-bond donors (Lipinski definition) is 0. The van der Waals surface area contributed by atoms with Crippen molar-refractivity contribution in [2.24, 2.45) is 5.92 Å². The maximum Gasteiger partial charge on any atom is 0.123 e. The van der Waals surface area contributed by atoms with Crippen molar-refractivity contribution >= 4 is 0 Å². The van der Waals surface area contributed by atoms with Crippen LogP contribution in [0, 0.1) is 17.2 Å². The van der Waals surface area contributed by atoms with Crippen LogP contribution in [0.15, 0.2) is 18.2 Å². The van der Waals surface area contributed by atoms with Gasteiger partial charge in [-0.2, -0.15) is 5.26 Å². The Kier molecular flexibility index (Phi) is 3.65. The van der Waals surface area contributed by atoms with Gasteiger partial charge in [0.05, 0.1) is 18.7 Å². The van der Waals surface area contributed by atoms with Crippen LogP contribution >= 0.6 is 0 Å². The van der Waals surface area contributed by atoms with E-state index in [4.69, 9.17) is 10.00 Å².